The minimum absolute atomic E-state index is 0.0550. The molecule has 0 unspecified atom stereocenters. The van der Waals surface area contributed by atoms with Gasteiger partial charge in [-0.2, -0.15) is 0 Å². The third-order valence-electron chi connectivity index (χ3n) is 2.38. The van der Waals surface area contributed by atoms with Crippen molar-refractivity contribution < 1.29 is 12.8 Å². The van der Waals surface area contributed by atoms with Crippen molar-refractivity contribution in [3.05, 3.63) is 45.4 Å². The lowest BCUT2D eigenvalue weighted by Crippen LogP contribution is -2.15. The summed E-state index contributed by atoms with van der Waals surface area (Å²) in [7, 11) is -3.87. The molecule has 1 aromatic heterocycles. The quantitative estimate of drug-likeness (QED) is 0.910. The average molecular weight is 321 g/mol. The SMILES string of the molecule is NCc1sccc1S(=O)(=O)Nc1cccc(Cl)c1F. The van der Waals surface area contributed by atoms with Crippen LogP contribution in [0.5, 0.6) is 0 Å². The van der Waals surface area contributed by atoms with Crippen molar-refractivity contribution in [1.29, 1.82) is 0 Å². The molecule has 4 nitrogen and oxygen atoms in total. The molecule has 8 heteroatoms. The number of nitrogens with two attached hydrogens (primary N) is 1. The molecule has 1 aromatic carbocycles. The van der Waals surface area contributed by atoms with Crippen LogP contribution < -0.4 is 10.5 Å². The van der Waals surface area contributed by atoms with E-state index in [9.17, 15) is 12.8 Å². The van der Waals surface area contributed by atoms with Crippen LogP contribution in [-0.4, -0.2) is 8.42 Å². The Morgan fingerprint density at radius 3 is 2.79 bits per heavy atom. The fraction of sp³-hybridized carbons (Fsp3) is 0.0909. The predicted octanol–water partition coefficient (Wildman–Crippen LogP) is 2.80. The molecule has 0 aliphatic heterocycles. The van der Waals surface area contributed by atoms with Crippen molar-refractivity contribution in [2.24, 2.45) is 5.73 Å². The number of hydrogen-bond acceptors (Lipinski definition) is 4. The molecule has 0 saturated carbocycles. The lowest BCUT2D eigenvalue weighted by molar-refractivity contribution is 0.598. The molecule has 0 amide bonds. The summed E-state index contributed by atoms with van der Waals surface area (Å²) in [5.74, 6) is -0.808. The lowest BCUT2D eigenvalue weighted by atomic mass is 10.3. The Hall–Kier alpha value is -1.15. The highest BCUT2D eigenvalue weighted by Crippen LogP contribution is 2.27. The van der Waals surface area contributed by atoms with Gasteiger partial charge >= 0.3 is 0 Å². The van der Waals surface area contributed by atoms with Crippen LogP contribution in [0.2, 0.25) is 5.02 Å². The third kappa shape index (κ3) is 2.89. The van der Waals surface area contributed by atoms with Crippen LogP contribution in [0.1, 0.15) is 4.88 Å². The van der Waals surface area contributed by atoms with Crippen LogP contribution >= 0.6 is 22.9 Å². The number of sulfonamides is 1. The molecule has 102 valence electrons. The second kappa shape index (κ2) is 5.46. The van der Waals surface area contributed by atoms with Crippen molar-refractivity contribution in [3.63, 3.8) is 0 Å². The van der Waals surface area contributed by atoms with Gasteiger partial charge in [0.25, 0.3) is 10.0 Å². The molecule has 2 aromatic rings. The number of halogens is 2. The molecule has 0 spiro atoms. The minimum Gasteiger partial charge on any atom is -0.326 e. The Morgan fingerprint density at radius 2 is 2.11 bits per heavy atom. The maximum atomic E-state index is 13.7. The van der Waals surface area contributed by atoms with Gasteiger partial charge in [0.1, 0.15) is 4.90 Å². The summed E-state index contributed by atoms with van der Waals surface area (Å²) in [6.45, 7) is 0.103. The molecule has 0 atom stereocenters. The normalized spacial score (nSPS) is 11.5. The second-order valence-electron chi connectivity index (χ2n) is 3.62. The molecular weight excluding hydrogens is 311 g/mol. The van der Waals surface area contributed by atoms with Gasteiger partial charge in [-0.05, 0) is 23.6 Å². The van der Waals surface area contributed by atoms with Crippen LogP contribution in [0.4, 0.5) is 10.1 Å². The van der Waals surface area contributed by atoms with Gasteiger partial charge in [-0.3, -0.25) is 4.72 Å². The number of thiophene rings is 1. The summed E-state index contributed by atoms with van der Waals surface area (Å²) in [6.07, 6.45) is 0. The average Bonchev–Trinajstić information content (AvgIpc) is 2.84. The summed E-state index contributed by atoms with van der Waals surface area (Å²) in [5.41, 5.74) is 5.27. The monoisotopic (exact) mass is 320 g/mol. The van der Waals surface area contributed by atoms with Crippen molar-refractivity contribution in [1.82, 2.24) is 0 Å². The van der Waals surface area contributed by atoms with E-state index in [4.69, 9.17) is 17.3 Å². The van der Waals surface area contributed by atoms with Crippen LogP contribution in [0.15, 0.2) is 34.5 Å². The summed E-state index contributed by atoms with van der Waals surface area (Å²) >= 11 is 6.83. The molecule has 0 radical (unpaired) electrons. The number of rotatable bonds is 4. The molecule has 1 heterocycles. The van der Waals surface area contributed by atoms with E-state index in [0.29, 0.717) is 4.88 Å². The first-order chi connectivity index (χ1) is 8.95. The van der Waals surface area contributed by atoms with Gasteiger partial charge in [0, 0.05) is 11.4 Å². The fourth-order valence-electron chi connectivity index (χ4n) is 1.50. The van der Waals surface area contributed by atoms with Gasteiger partial charge in [0.15, 0.2) is 5.82 Å². The number of anilines is 1. The smallest absolute Gasteiger partial charge is 0.263 e. The van der Waals surface area contributed by atoms with E-state index < -0.39 is 15.8 Å². The molecular formula is C11H10ClFN2O2S2. The highest BCUT2D eigenvalue weighted by molar-refractivity contribution is 7.93. The maximum absolute atomic E-state index is 13.7. The first kappa shape index (κ1) is 14.3. The van der Waals surface area contributed by atoms with Gasteiger partial charge in [-0.15, -0.1) is 11.3 Å². The van der Waals surface area contributed by atoms with E-state index in [-0.39, 0.29) is 22.2 Å². The van der Waals surface area contributed by atoms with Gasteiger partial charge in [-0.1, -0.05) is 17.7 Å². The predicted molar refractivity (Wildman–Crippen MR) is 74.4 cm³/mol. The lowest BCUT2D eigenvalue weighted by Gasteiger charge is -2.09. The zero-order chi connectivity index (χ0) is 14.0. The minimum atomic E-state index is -3.87. The van der Waals surface area contributed by atoms with Gasteiger partial charge < -0.3 is 5.73 Å². The number of nitrogens with one attached hydrogen (secondary N) is 1. The zero-order valence-electron chi connectivity index (χ0n) is 9.56. The zero-order valence-corrected chi connectivity index (χ0v) is 11.9. The highest BCUT2D eigenvalue weighted by atomic mass is 35.5. The molecule has 0 bridgehead atoms. The first-order valence-corrected chi connectivity index (χ1v) is 7.93. The molecule has 19 heavy (non-hydrogen) atoms. The molecule has 0 aliphatic rings. The van der Waals surface area contributed by atoms with Crippen molar-refractivity contribution >= 4 is 38.6 Å². The largest absolute Gasteiger partial charge is 0.326 e. The highest BCUT2D eigenvalue weighted by Gasteiger charge is 2.21. The van der Waals surface area contributed by atoms with Gasteiger partial charge in [0.2, 0.25) is 0 Å². The van der Waals surface area contributed by atoms with Gasteiger partial charge in [0.05, 0.1) is 10.7 Å². The molecule has 2 rings (SSSR count). The second-order valence-corrected chi connectivity index (χ2v) is 6.68. The van der Waals surface area contributed by atoms with E-state index in [1.807, 2.05) is 0 Å². The Labute approximate surface area is 119 Å². The summed E-state index contributed by atoms with van der Waals surface area (Å²) in [4.78, 5) is 0.564. The number of benzene rings is 1. The fourth-order valence-corrected chi connectivity index (χ4v) is 4.07. The van der Waals surface area contributed by atoms with Crippen molar-refractivity contribution in [2.75, 3.05) is 4.72 Å². The molecule has 0 fully saturated rings. The first-order valence-electron chi connectivity index (χ1n) is 5.19. The van der Waals surface area contributed by atoms with Crippen LogP contribution in [0.3, 0.4) is 0 Å². The van der Waals surface area contributed by atoms with Crippen LogP contribution in [0.25, 0.3) is 0 Å². The maximum Gasteiger partial charge on any atom is 0.263 e. The molecule has 3 N–H and O–H groups in total. The summed E-state index contributed by atoms with van der Waals surface area (Å²) < 4.78 is 40.1. The molecule has 0 saturated heterocycles. The van der Waals surface area contributed by atoms with Gasteiger partial charge in [-0.25, -0.2) is 12.8 Å². The summed E-state index contributed by atoms with van der Waals surface area (Å²) in [5, 5.41) is 1.47. The van der Waals surface area contributed by atoms with E-state index in [0.717, 1.165) is 0 Å². The van der Waals surface area contributed by atoms with Crippen molar-refractivity contribution in [2.45, 2.75) is 11.4 Å². The Balaban J connectivity index is 2.40. The van der Waals surface area contributed by atoms with Crippen LogP contribution in [-0.2, 0) is 16.6 Å². The van der Waals surface area contributed by atoms with Crippen molar-refractivity contribution in [3.8, 4) is 0 Å². The standard InChI is InChI=1S/C11H10ClFN2O2S2/c12-7-2-1-3-8(11(7)13)15-19(16,17)10-4-5-18-9(10)6-14/h1-5,15H,6,14H2. The Bertz CT molecular complexity index is 700. The van der Waals surface area contributed by atoms with E-state index in [1.54, 1.807) is 5.38 Å². The summed E-state index contributed by atoms with van der Waals surface area (Å²) in [6, 6.07) is 5.52. The van der Waals surface area contributed by atoms with E-state index >= 15 is 0 Å². The van der Waals surface area contributed by atoms with E-state index in [2.05, 4.69) is 4.72 Å². The number of hydrogen-bond donors (Lipinski definition) is 2. The third-order valence-corrected chi connectivity index (χ3v) is 5.19. The topological polar surface area (TPSA) is 72.2 Å². The van der Waals surface area contributed by atoms with Crippen LogP contribution in [0, 0.1) is 5.82 Å². The van der Waals surface area contributed by atoms with E-state index in [1.165, 1.54) is 35.6 Å². The molecule has 0 aliphatic carbocycles. The Morgan fingerprint density at radius 1 is 1.37 bits per heavy atom. The Kier molecular flexibility index (Phi) is 4.10.